The predicted octanol–water partition coefficient (Wildman–Crippen LogP) is 6.93. The van der Waals surface area contributed by atoms with Gasteiger partial charge in [0.1, 0.15) is 24.1 Å². The average Bonchev–Trinajstić information content (AvgIpc) is 3.33. The molecular formula is C33H61N3O5Si3. The highest BCUT2D eigenvalue weighted by Crippen LogP contribution is 2.46. The van der Waals surface area contributed by atoms with Crippen molar-refractivity contribution in [3.05, 3.63) is 22.7 Å². The molecule has 3 aliphatic carbocycles. The summed E-state index contributed by atoms with van der Waals surface area (Å²) in [5.41, 5.74) is 6.68. The van der Waals surface area contributed by atoms with Gasteiger partial charge in [-0.1, -0.05) is 90.0 Å². The molecule has 250 valence electrons. The van der Waals surface area contributed by atoms with Crippen molar-refractivity contribution in [2.75, 3.05) is 12.3 Å². The van der Waals surface area contributed by atoms with Crippen molar-refractivity contribution in [2.24, 2.45) is 0 Å². The minimum Gasteiger partial charge on any atom is -0.414 e. The molecule has 4 unspecified atom stereocenters. The van der Waals surface area contributed by atoms with Crippen molar-refractivity contribution in [3.63, 3.8) is 0 Å². The van der Waals surface area contributed by atoms with Crippen LogP contribution in [0.2, 0.25) is 49.9 Å². The van der Waals surface area contributed by atoms with E-state index in [-0.39, 0.29) is 33.1 Å². The number of nitrogens with two attached hydrogens (primary N) is 1. The fourth-order valence-electron chi connectivity index (χ4n) is 8.78. The molecule has 1 aliphatic heterocycles. The van der Waals surface area contributed by atoms with Crippen molar-refractivity contribution >= 4 is 32.0 Å². The van der Waals surface area contributed by atoms with E-state index < -0.39 is 34.7 Å². The van der Waals surface area contributed by atoms with E-state index in [1.54, 1.807) is 16.8 Å². The van der Waals surface area contributed by atoms with E-state index in [9.17, 15) is 4.79 Å². The van der Waals surface area contributed by atoms with Gasteiger partial charge in [0.25, 0.3) is 0 Å². The average molecular weight is 664 g/mol. The number of aromatic nitrogens is 2. The second-order valence-electron chi connectivity index (χ2n) is 15.5. The van der Waals surface area contributed by atoms with Gasteiger partial charge < -0.3 is 24.1 Å². The minimum absolute atomic E-state index is 0.126. The van der Waals surface area contributed by atoms with Crippen molar-refractivity contribution in [3.8, 4) is 0 Å². The summed E-state index contributed by atoms with van der Waals surface area (Å²) in [7, 11) is -4.37. The highest BCUT2D eigenvalue weighted by atomic mass is 28.4. The molecule has 5 rings (SSSR count). The number of ether oxygens (including phenoxy) is 2. The fraction of sp³-hybridized carbons (Fsp3) is 0.879. The van der Waals surface area contributed by atoms with Gasteiger partial charge in [-0.25, -0.2) is 4.79 Å². The third-order valence-corrected chi connectivity index (χ3v) is 19.8. The van der Waals surface area contributed by atoms with Crippen molar-refractivity contribution < 1.29 is 18.3 Å². The van der Waals surface area contributed by atoms with Crippen molar-refractivity contribution in [1.29, 1.82) is 0 Å². The van der Waals surface area contributed by atoms with Crippen LogP contribution >= 0.6 is 0 Å². The van der Waals surface area contributed by atoms with Crippen molar-refractivity contribution in [1.82, 2.24) is 9.55 Å². The Morgan fingerprint density at radius 2 is 1.52 bits per heavy atom. The zero-order chi connectivity index (χ0) is 31.4. The van der Waals surface area contributed by atoms with E-state index in [4.69, 9.17) is 24.1 Å². The monoisotopic (exact) mass is 663 g/mol. The van der Waals surface area contributed by atoms with Gasteiger partial charge in [0, 0.05) is 15.7 Å². The van der Waals surface area contributed by atoms with E-state index >= 15 is 0 Å². The van der Waals surface area contributed by atoms with Gasteiger partial charge in [0.2, 0.25) is 0 Å². The molecule has 1 aromatic rings. The molecule has 3 saturated carbocycles. The van der Waals surface area contributed by atoms with E-state index in [1.165, 1.54) is 89.5 Å². The standard InChI is InChI=1S/C33H61N3O5Si3/c1-42-24-33(20-13-8-14-21-33)40-29-27(23-38-43(2,3)25-15-9-6-10-16-25)39-31(36-22-19-28(34)35-32(36)37)30(29)41-44(4,5)26-17-11-7-12-18-26/h19,22,25-27,29-31H,6-18,20-21,23-24,42H2,1-5H3,(H2,34,35,37). The van der Waals surface area contributed by atoms with Crippen molar-refractivity contribution in [2.45, 2.75) is 176 Å². The molecule has 0 aromatic carbocycles. The number of nitrogens with zero attached hydrogens (tertiary/aromatic N) is 2. The first kappa shape index (κ1) is 34.5. The Morgan fingerprint density at radius 3 is 2.11 bits per heavy atom. The molecule has 1 aromatic heterocycles. The number of anilines is 1. The van der Waals surface area contributed by atoms with Crippen LogP contribution in [0.5, 0.6) is 0 Å². The summed E-state index contributed by atoms with van der Waals surface area (Å²) in [6.45, 7) is 12.4. The topological polar surface area (TPSA) is 97.8 Å². The Labute approximate surface area is 270 Å². The van der Waals surface area contributed by atoms with E-state index in [1.807, 2.05) is 0 Å². The fourth-order valence-corrected chi connectivity index (χ4v) is 15.9. The lowest BCUT2D eigenvalue weighted by atomic mass is 9.85. The van der Waals surface area contributed by atoms with Crippen LogP contribution in [0.15, 0.2) is 17.1 Å². The van der Waals surface area contributed by atoms with Crippen LogP contribution < -0.4 is 11.4 Å². The summed E-state index contributed by atoms with van der Waals surface area (Å²) in [5.74, 6) is 0.223. The lowest BCUT2D eigenvalue weighted by Gasteiger charge is -2.44. The first-order chi connectivity index (χ1) is 21.0. The van der Waals surface area contributed by atoms with Crippen LogP contribution in [0.25, 0.3) is 0 Å². The maximum absolute atomic E-state index is 13.3. The molecule has 4 fully saturated rings. The Morgan fingerprint density at radius 1 is 0.932 bits per heavy atom. The first-order valence-corrected chi connectivity index (χ1v) is 26.4. The lowest BCUT2D eigenvalue weighted by molar-refractivity contribution is -0.144. The quantitative estimate of drug-likeness (QED) is 0.242. The Balaban J connectivity index is 1.49. The SMILES string of the molecule is C[SiH2]CC1(OC2C(CO[Si](C)(C)C3CCCCC3)OC(n3ccc(N)nc3=O)C2O[Si](C)(C)C2CCCCC2)CCCCC1. The van der Waals surface area contributed by atoms with Gasteiger partial charge in [0.15, 0.2) is 22.9 Å². The number of rotatable bonds is 12. The highest BCUT2D eigenvalue weighted by molar-refractivity contribution is 6.73. The third-order valence-electron chi connectivity index (χ3n) is 11.5. The zero-order valence-corrected chi connectivity index (χ0v) is 31.8. The van der Waals surface area contributed by atoms with Crippen LogP contribution in [0, 0.1) is 0 Å². The van der Waals surface area contributed by atoms with Gasteiger partial charge in [-0.3, -0.25) is 4.57 Å². The van der Waals surface area contributed by atoms with Gasteiger partial charge in [-0.2, -0.15) is 4.98 Å². The summed E-state index contributed by atoms with van der Waals surface area (Å²) in [6, 6.07) is 2.86. The summed E-state index contributed by atoms with van der Waals surface area (Å²) in [6.07, 6.45) is 18.9. The molecule has 1 saturated heterocycles. The number of hydrogen-bond donors (Lipinski definition) is 1. The van der Waals surface area contributed by atoms with Gasteiger partial charge >= 0.3 is 5.69 Å². The Hall–Kier alpha value is -0.829. The Kier molecular flexibility index (Phi) is 11.7. The molecule has 2 heterocycles. The molecule has 44 heavy (non-hydrogen) atoms. The highest BCUT2D eigenvalue weighted by Gasteiger charge is 2.54. The minimum atomic E-state index is -2.18. The zero-order valence-electron chi connectivity index (χ0n) is 28.4. The largest absolute Gasteiger partial charge is 0.414 e. The smallest absolute Gasteiger partial charge is 0.351 e. The van der Waals surface area contributed by atoms with Gasteiger partial charge in [0.05, 0.1) is 12.2 Å². The molecule has 0 bridgehead atoms. The van der Waals surface area contributed by atoms with Crippen LogP contribution in [0.1, 0.15) is 103 Å². The van der Waals surface area contributed by atoms with E-state index in [2.05, 4.69) is 37.7 Å². The maximum atomic E-state index is 13.3. The predicted molar refractivity (Wildman–Crippen MR) is 186 cm³/mol. The molecule has 0 radical (unpaired) electrons. The summed E-state index contributed by atoms with van der Waals surface area (Å²) in [4.78, 5) is 17.4. The van der Waals surface area contributed by atoms with Crippen LogP contribution in [0.4, 0.5) is 5.82 Å². The molecule has 0 amide bonds. The molecule has 4 aliphatic rings. The maximum Gasteiger partial charge on any atom is 0.351 e. The molecule has 2 N–H and O–H groups in total. The normalized spacial score (nSPS) is 29.5. The van der Waals surface area contributed by atoms with Crippen LogP contribution in [0.3, 0.4) is 0 Å². The second kappa shape index (κ2) is 14.9. The van der Waals surface area contributed by atoms with Gasteiger partial charge in [-0.15, -0.1) is 0 Å². The third kappa shape index (κ3) is 8.17. The van der Waals surface area contributed by atoms with Gasteiger partial charge in [-0.05, 0) is 62.2 Å². The van der Waals surface area contributed by atoms with E-state index in [0.717, 1.165) is 12.8 Å². The Bertz CT molecular complexity index is 1110. The summed E-state index contributed by atoms with van der Waals surface area (Å²) >= 11 is 0. The van der Waals surface area contributed by atoms with Crippen LogP contribution in [-0.2, 0) is 18.3 Å². The molecule has 4 atom stereocenters. The molecular weight excluding hydrogens is 603 g/mol. The molecule has 8 nitrogen and oxygen atoms in total. The number of hydrogen-bond acceptors (Lipinski definition) is 7. The summed E-state index contributed by atoms with van der Waals surface area (Å²) < 4.78 is 30.3. The second-order valence-corrected chi connectivity index (χ2v) is 25.5. The van der Waals surface area contributed by atoms with Crippen LogP contribution in [-0.4, -0.2) is 66.2 Å². The van der Waals surface area contributed by atoms with E-state index in [0.29, 0.717) is 17.7 Å². The molecule has 11 heteroatoms. The summed E-state index contributed by atoms with van der Waals surface area (Å²) in [5, 5.41) is 0. The lowest BCUT2D eigenvalue weighted by Crippen LogP contribution is -2.52. The molecule has 0 spiro atoms. The number of nitrogen functional groups attached to an aromatic ring is 1. The first-order valence-electron chi connectivity index (χ1n) is 18.0.